The van der Waals surface area contributed by atoms with E-state index in [1.807, 2.05) is 54.7 Å². The van der Waals surface area contributed by atoms with E-state index in [0.29, 0.717) is 5.69 Å². The summed E-state index contributed by atoms with van der Waals surface area (Å²) in [5.74, 6) is -2.77. The maximum absolute atomic E-state index is 13.5. The van der Waals surface area contributed by atoms with Crippen LogP contribution in [0.2, 0.25) is 0 Å². The minimum atomic E-state index is -0.990. The molecule has 0 saturated carbocycles. The van der Waals surface area contributed by atoms with Crippen LogP contribution in [0.1, 0.15) is 36.8 Å². The van der Waals surface area contributed by atoms with Crippen LogP contribution in [0.15, 0.2) is 110 Å². The number of carbonyl (C=O) groups is 1. The summed E-state index contributed by atoms with van der Waals surface area (Å²) in [6.45, 7) is 6.15. The molecular formula is C35H28F2Ir2N4O2-2. The topological polar surface area (TPSA) is 88.9 Å². The molecule has 0 atom stereocenters. The first-order valence-corrected chi connectivity index (χ1v) is 13.3. The number of fused-ring (bicyclic) bond motifs is 1. The maximum atomic E-state index is 13.5. The molecule has 0 bridgehead atoms. The maximum Gasteiger partial charge on any atom is 0.354 e. The van der Waals surface area contributed by atoms with Gasteiger partial charge in [-0.05, 0) is 57.4 Å². The number of halogens is 2. The monoisotopic (exact) mass is 960 g/mol. The molecule has 0 spiro atoms. The van der Waals surface area contributed by atoms with Crippen molar-refractivity contribution in [2.24, 2.45) is 0 Å². The number of rotatable bonds is 3. The quantitative estimate of drug-likeness (QED) is 0.143. The fourth-order valence-electron chi connectivity index (χ4n) is 3.95. The van der Waals surface area contributed by atoms with Crippen LogP contribution < -0.4 is 0 Å². The zero-order valence-electron chi connectivity index (χ0n) is 24.5. The van der Waals surface area contributed by atoms with Crippen LogP contribution >= 0.6 is 0 Å². The Morgan fingerprint density at radius 2 is 1.51 bits per heavy atom. The van der Waals surface area contributed by atoms with Gasteiger partial charge in [0, 0.05) is 58.8 Å². The largest absolute Gasteiger partial charge is 0.477 e. The van der Waals surface area contributed by atoms with E-state index in [-0.39, 0.29) is 56.9 Å². The Morgan fingerprint density at radius 3 is 2.13 bits per heavy atom. The standard InChI is InChI=1S/C15H10N.C14H13F2N2.C6H5NO2.2Ir/c1-2-7-13(8-3-1)15-14-9-5-4-6-12(14)10-11-16-15;1-14(2,3)9-6-7-17-11(8-9)10-4-5-12(15)18-13(10)16;8-6(9)5-3-1-2-4-7-5;;/h1-7,9-11H;5-8H,1-3H3;1-4H,(H,8,9);;/q2*-1;;;. The average molecular weight is 959 g/mol. The van der Waals surface area contributed by atoms with Crippen molar-refractivity contribution in [3.63, 3.8) is 0 Å². The number of aromatic nitrogens is 4. The molecule has 45 heavy (non-hydrogen) atoms. The Balaban J connectivity index is 0.000000241. The van der Waals surface area contributed by atoms with E-state index in [4.69, 9.17) is 5.11 Å². The van der Waals surface area contributed by atoms with Crippen molar-refractivity contribution in [1.29, 1.82) is 0 Å². The molecule has 6 rings (SSSR count). The minimum Gasteiger partial charge on any atom is -0.477 e. The van der Waals surface area contributed by atoms with Crippen molar-refractivity contribution in [3.8, 4) is 22.5 Å². The molecule has 0 saturated heterocycles. The van der Waals surface area contributed by atoms with Gasteiger partial charge in [-0.1, -0.05) is 68.8 Å². The Morgan fingerprint density at radius 1 is 0.800 bits per heavy atom. The number of hydrogen-bond donors (Lipinski definition) is 1. The fourth-order valence-corrected chi connectivity index (χ4v) is 3.95. The number of aromatic carboxylic acids is 1. The van der Waals surface area contributed by atoms with E-state index in [1.54, 1.807) is 24.4 Å². The van der Waals surface area contributed by atoms with E-state index in [9.17, 15) is 13.6 Å². The number of benzene rings is 2. The SMILES string of the molecule is CC(C)(C)c1ccnc(-c2[c-]cc(F)nc2F)c1.O=C(O)c1ccccn1.[Ir].[Ir].[c-]1ccccc1-c1nccc2ccccc12. The molecule has 2 radical (unpaired) electrons. The van der Waals surface area contributed by atoms with E-state index >= 15 is 0 Å². The van der Waals surface area contributed by atoms with E-state index < -0.39 is 17.9 Å². The predicted molar refractivity (Wildman–Crippen MR) is 162 cm³/mol. The number of nitrogens with zero attached hydrogens (tertiary/aromatic N) is 4. The summed E-state index contributed by atoms with van der Waals surface area (Å²) in [4.78, 5) is 25.4. The van der Waals surface area contributed by atoms with Crippen molar-refractivity contribution in [2.75, 3.05) is 0 Å². The third kappa shape index (κ3) is 10.5. The normalized spacial score (nSPS) is 10.2. The first-order valence-electron chi connectivity index (χ1n) is 13.3. The molecule has 0 fully saturated rings. The summed E-state index contributed by atoms with van der Waals surface area (Å²) < 4.78 is 26.3. The van der Waals surface area contributed by atoms with E-state index in [2.05, 4.69) is 65.0 Å². The summed E-state index contributed by atoms with van der Waals surface area (Å²) in [5.41, 5.74) is 3.57. The van der Waals surface area contributed by atoms with Crippen molar-refractivity contribution in [1.82, 2.24) is 19.9 Å². The summed E-state index contributed by atoms with van der Waals surface area (Å²) in [5, 5.41) is 10.7. The minimum absolute atomic E-state index is 0. The van der Waals surface area contributed by atoms with Gasteiger partial charge in [0.15, 0.2) is 0 Å². The fraction of sp³-hybridized carbons (Fsp3) is 0.114. The summed E-state index contributed by atoms with van der Waals surface area (Å²) in [6.07, 6.45) is 4.90. The van der Waals surface area contributed by atoms with Gasteiger partial charge in [0.05, 0.1) is 0 Å². The molecule has 0 unspecified atom stereocenters. The van der Waals surface area contributed by atoms with Crippen molar-refractivity contribution in [3.05, 3.63) is 145 Å². The zero-order valence-corrected chi connectivity index (χ0v) is 29.2. The Kier molecular flexibility index (Phi) is 14.4. The Hall–Kier alpha value is -4.07. The van der Waals surface area contributed by atoms with Gasteiger partial charge in [0.2, 0.25) is 0 Å². The smallest absolute Gasteiger partial charge is 0.354 e. The van der Waals surface area contributed by atoms with Gasteiger partial charge in [-0.3, -0.25) is 4.98 Å². The van der Waals surface area contributed by atoms with Crippen LogP contribution in [0, 0.1) is 24.0 Å². The molecule has 234 valence electrons. The number of pyridine rings is 4. The van der Waals surface area contributed by atoms with Crippen LogP contribution in [-0.2, 0) is 45.6 Å². The molecule has 0 aliphatic rings. The molecule has 6 nitrogen and oxygen atoms in total. The second-order valence-corrected chi connectivity index (χ2v) is 10.2. The third-order valence-electron chi connectivity index (χ3n) is 6.15. The van der Waals surface area contributed by atoms with Crippen LogP contribution in [0.5, 0.6) is 0 Å². The predicted octanol–water partition coefficient (Wildman–Crippen LogP) is 8.00. The number of carboxylic acids is 1. The molecular weight excluding hydrogens is 931 g/mol. The first kappa shape index (κ1) is 37.1. The molecule has 2 aromatic carbocycles. The van der Waals surface area contributed by atoms with E-state index in [1.165, 1.54) is 23.0 Å². The van der Waals surface area contributed by atoms with Gasteiger partial charge in [0.25, 0.3) is 0 Å². The Labute approximate surface area is 287 Å². The van der Waals surface area contributed by atoms with Gasteiger partial charge in [-0.2, -0.15) is 0 Å². The molecule has 4 aromatic heterocycles. The second-order valence-electron chi connectivity index (χ2n) is 10.2. The molecule has 0 amide bonds. The number of hydrogen-bond acceptors (Lipinski definition) is 5. The third-order valence-corrected chi connectivity index (χ3v) is 6.15. The van der Waals surface area contributed by atoms with Gasteiger partial charge >= 0.3 is 5.97 Å². The van der Waals surface area contributed by atoms with Crippen LogP contribution in [0.4, 0.5) is 8.78 Å². The summed E-state index contributed by atoms with van der Waals surface area (Å²) in [7, 11) is 0. The van der Waals surface area contributed by atoms with Crippen molar-refractivity contribution < 1.29 is 58.9 Å². The number of carboxylic acid groups (broad SMARTS) is 1. The molecule has 10 heteroatoms. The molecule has 6 aromatic rings. The summed E-state index contributed by atoms with van der Waals surface area (Å²) in [6, 6.07) is 33.4. The molecule has 1 N–H and O–H groups in total. The molecule has 0 aliphatic carbocycles. The van der Waals surface area contributed by atoms with Gasteiger partial charge in [-0.15, -0.1) is 42.0 Å². The first-order chi connectivity index (χ1) is 20.6. The van der Waals surface area contributed by atoms with Gasteiger partial charge in [-0.25, -0.2) is 18.6 Å². The average Bonchev–Trinajstić information content (AvgIpc) is 3.02. The van der Waals surface area contributed by atoms with E-state index in [0.717, 1.165) is 22.9 Å². The molecule has 4 heterocycles. The zero-order chi connectivity index (χ0) is 30.8. The van der Waals surface area contributed by atoms with Crippen LogP contribution in [0.3, 0.4) is 0 Å². The van der Waals surface area contributed by atoms with Crippen LogP contribution in [-0.4, -0.2) is 31.0 Å². The molecule has 0 aliphatic heterocycles. The van der Waals surface area contributed by atoms with Crippen LogP contribution in [0.25, 0.3) is 33.3 Å². The Bertz CT molecular complexity index is 1820. The van der Waals surface area contributed by atoms with Crippen molar-refractivity contribution in [2.45, 2.75) is 26.2 Å². The van der Waals surface area contributed by atoms with Gasteiger partial charge < -0.3 is 15.1 Å². The second kappa shape index (κ2) is 17.4. The summed E-state index contributed by atoms with van der Waals surface area (Å²) >= 11 is 0. The van der Waals surface area contributed by atoms with Gasteiger partial charge in [0.1, 0.15) is 17.6 Å². The van der Waals surface area contributed by atoms with Crippen molar-refractivity contribution >= 4 is 16.7 Å².